The fraction of sp³-hybridized carbons (Fsp3) is 0.200. The first-order chi connectivity index (χ1) is 10.6. The van der Waals surface area contributed by atoms with E-state index in [-0.39, 0.29) is 16.6 Å². The molecule has 0 spiro atoms. The van der Waals surface area contributed by atoms with Crippen molar-refractivity contribution in [1.29, 1.82) is 0 Å². The van der Waals surface area contributed by atoms with Crippen molar-refractivity contribution in [1.82, 2.24) is 4.98 Å². The van der Waals surface area contributed by atoms with Crippen LogP contribution in [0.3, 0.4) is 0 Å². The first kappa shape index (κ1) is 15.9. The number of hydrogen-bond acceptors (Lipinski definition) is 5. The molecule has 0 aliphatic rings. The zero-order valence-electron chi connectivity index (χ0n) is 12.3. The predicted octanol–water partition coefficient (Wildman–Crippen LogP) is 3.01. The van der Waals surface area contributed by atoms with E-state index in [9.17, 15) is 4.79 Å². The predicted molar refractivity (Wildman–Crippen MR) is 83.3 cm³/mol. The minimum absolute atomic E-state index is 0.132. The van der Waals surface area contributed by atoms with E-state index in [2.05, 4.69) is 10.3 Å². The molecule has 0 aliphatic carbocycles. The van der Waals surface area contributed by atoms with Gasteiger partial charge >= 0.3 is 0 Å². The summed E-state index contributed by atoms with van der Waals surface area (Å²) in [5.41, 5.74) is 0.761. The van der Waals surface area contributed by atoms with Gasteiger partial charge in [-0.15, -0.1) is 0 Å². The fourth-order valence-electron chi connectivity index (χ4n) is 1.91. The van der Waals surface area contributed by atoms with E-state index in [0.29, 0.717) is 22.9 Å². The van der Waals surface area contributed by atoms with Crippen LogP contribution >= 0.6 is 11.6 Å². The van der Waals surface area contributed by atoms with Crippen LogP contribution in [0.1, 0.15) is 10.4 Å². The first-order valence-electron chi connectivity index (χ1n) is 6.32. The molecule has 6 nitrogen and oxygen atoms in total. The second kappa shape index (κ2) is 7.00. The van der Waals surface area contributed by atoms with E-state index in [1.807, 2.05) is 0 Å². The number of rotatable bonds is 5. The summed E-state index contributed by atoms with van der Waals surface area (Å²) >= 11 is 5.91. The Balaban J connectivity index is 2.34. The lowest BCUT2D eigenvalue weighted by Crippen LogP contribution is -2.13. The van der Waals surface area contributed by atoms with Crippen molar-refractivity contribution in [3.63, 3.8) is 0 Å². The minimum atomic E-state index is -0.382. The van der Waals surface area contributed by atoms with Crippen LogP contribution in [0.2, 0.25) is 5.15 Å². The molecule has 22 heavy (non-hydrogen) atoms. The van der Waals surface area contributed by atoms with Crippen LogP contribution in [0.25, 0.3) is 0 Å². The number of ether oxygens (including phenoxy) is 3. The monoisotopic (exact) mass is 322 g/mol. The average Bonchev–Trinajstić information content (AvgIpc) is 2.54. The third-order valence-electron chi connectivity index (χ3n) is 2.93. The van der Waals surface area contributed by atoms with Crippen LogP contribution in [0.4, 0.5) is 5.69 Å². The molecule has 0 saturated carbocycles. The van der Waals surface area contributed by atoms with Gasteiger partial charge in [-0.25, -0.2) is 4.98 Å². The van der Waals surface area contributed by atoms with Gasteiger partial charge < -0.3 is 19.5 Å². The number of aromatic nitrogens is 1. The van der Waals surface area contributed by atoms with Gasteiger partial charge in [0.05, 0.1) is 26.9 Å². The summed E-state index contributed by atoms with van der Waals surface area (Å²) in [7, 11) is 4.51. The smallest absolute Gasteiger partial charge is 0.258 e. The van der Waals surface area contributed by atoms with Gasteiger partial charge in [0.15, 0.2) is 11.5 Å². The van der Waals surface area contributed by atoms with E-state index in [0.717, 1.165) is 0 Å². The number of amides is 1. The summed E-state index contributed by atoms with van der Waals surface area (Å²) in [4.78, 5) is 16.1. The molecule has 0 unspecified atom stereocenters. The molecule has 1 heterocycles. The Morgan fingerprint density at radius 3 is 2.27 bits per heavy atom. The van der Waals surface area contributed by atoms with E-state index in [4.69, 9.17) is 25.8 Å². The van der Waals surface area contributed by atoms with Crippen molar-refractivity contribution in [2.45, 2.75) is 0 Å². The third-order valence-corrected chi connectivity index (χ3v) is 3.23. The largest absolute Gasteiger partial charge is 0.493 e. The zero-order valence-corrected chi connectivity index (χ0v) is 13.1. The SMILES string of the molecule is COc1cc(NC(=O)c2cccnc2Cl)cc(OC)c1OC. The van der Waals surface area contributed by atoms with E-state index >= 15 is 0 Å². The van der Waals surface area contributed by atoms with Gasteiger partial charge in [-0.1, -0.05) is 11.6 Å². The molecule has 1 N–H and O–H groups in total. The van der Waals surface area contributed by atoms with Gasteiger partial charge in [-0.05, 0) is 12.1 Å². The van der Waals surface area contributed by atoms with Crippen molar-refractivity contribution in [3.05, 3.63) is 41.2 Å². The lowest BCUT2D eigenvalue weighted by molar-refractivity contribution is 0.102. The maximum Gasteiger partial charge on any atom is 0.258 e. The molecular formula is C15H15ClN2O4. The highest BCUT2D eigenvalue weighted by atomic mass is 35.5. The maximum absolute atomic E-state index is 12.2. The number of nitrogens with zero attached hydrogens (tertiary/aromatic N) is 1. The summed E-state index contributed by atoms with van der Waals surface area (Å²) in [5, 5.41) is 2.85. The second-order valence-electron chi connectivity index (χ2n) is 4.21. The lowest BCUT2D eigenvalue weighted by atomic mass is 10.2. The molecule has 116 valence electrons. The van der Waals surface area contributed by atoms with Crippen LogP contribution in [-0.2, 0) is 0 Å². The molecule has 2 rings (SSSR count). The van der Waals surface area contributed by atoms with Gasteiger partial charge in [-0.3, -0.25) is 4.79 Å². The van der Waals surface area contributed by atoms with Crippen LogP contribution in [-0.4, -0.2) is 32.2 Å². The molecule has 0 saturated heterocycles. The van der Waals surface area contributed by atoms with Crippen LogP contribution < -0.4 is 19.5 Å². The average molecular weight is 323 g/mol. The normalized spacial score (nSPS) is 10.0. The summed E-state index contributed by atoms with van der Waals surface area (Å²) < 4.78 is 15.7. The quantitative estimate of drug-likeness (QED) is 0.857. The number of hydrogen-bond donors (Lipinski definition) is 1. The molecule has 0 bridgehead atoms. The molecule has 1 aromatic heterocycles. The van der Waals surface area contributed by atoms with Gasteiger partial charge in [0.1, 0.15) is 5.15 Å². The second-order valence-corrected chi connectivity index (χ2v) is 4.57. The van der Waals surface area contributed by atoms with Gasteiger partial charge in [0.2, 0.25) is 5.75 Å². The standard InChI is InChI=1S/C15H15ClN2O4/c1-20-11-7-9(8-12(21-2)13(11)22-3)18-15(19)10-5-4-6-17-14(10)16/h4-8H,1-3H3,(H,18,19). The Hall–Kier alpha value is -2.47. The highest BCUT2D eigenvalue weighted by Gasteiger charge is 2.16. The van der Waals surface area contributed by atoms with E-state index in [1.165, 1.54) is 27.5 Å². The van der Waals surface area contributed by atoms with Crippen molar-refractivity contribution in [2.75, 3.05) is 26.6 Å². The molecular weight excluding hydrogens is 308 g/mol. The number of halogens is 1. The fourth-order valence-corrected chi connectivity index (χ4v) is 2.11. The Morgan fingerprint density at radius 2 is 1.77 bits per heavy atom. The highest BCUT2D eigenvalue weighted by Crippen LogP contribution is 2.40. The molecule has 0 radical (unpaired) electrons. The maximum atomic E-state index is 12.2. The molecule has 0 aliphatic heterocycles. The van der Waals surface area contributed by atoms with Crippen LogP contribution in [0.5, 0.6) is 17.2 Å². The number of benzene rings is 1. The minimum Gasteiger partial charge on any atom is -0.493 e. The number of methoxy groups -OCH3 is 3. The van der Waals surface area contributed by atoms with Gasteiger partial charge in [0.25, 0.3) is 5.91 Å². The molecule has 0 atom stereocenters. The summed E-state index contributed by atoms with van der Waals surface area (Å²) in [6.07, 6.45) is 1.51. The number of pyridine rings is 1. The summed E-state index contributed by atoms with van der Waals surface area (Å²) in [5.74, 6) is 0.943. The van der Waals surface area contributed by atoms with Crippen LogP contribution in [0.15, 0.2) is 30.5 Å². The summed E-state index contributed by atoms with van der Waals surface area (Å²) in [6.45, 7) is 0. The molecule has 0 fully saturated rings. The van der Waals surface area contributed by atoms with Gasteiger partial charge in [-0.2, -0.15) is 0 Å². The Kier molecular flexibility index (Phi) is 5.06. The Bertz CT molecular complexity index is 666. The van der Waals surface area contributed by atoms with Crippen molar-refractivity contribution >= 4 is 23.2 Å². The number of nitrogens with one attached hydrogen (secondary N) is 1. The van der Waals surface area contributed by atoms with Crippen molar-refractivity contribution in [3.8, 4) is 17.2 Å². The van der Waals surface area contributed by atoms with Crippen molar-refractivity contribution < 1.29 is 19.0 Å². The van der Waals surface area contributed by atoms with Crippen LogP contribution in [0, 0.1) is 0 Å². The van der Waals surface area contributed by atoms with Crippen molar-refractivity contribution in [2.24, 2.45) is 0 Å². The van der Waals surface area contributed by atoms with E-state index in [1.54, 1.807) is 24.3 Å². The van der Waals surface area contributed by atoms with E-state index < -0.39 is 0 Å². The molecule has 7 heteroatoms. The zero-order chi connectivity index (χ0) is 16.1. The Morgan fingerprint density at radius 1 is 1.14 bits per heavy atom. The molecule has 2 aromatic rings. The lowest BCUT2D eigenvalue weighted by Gasteiger charge is -2.14. The highest BCUT2D eigenvalue weighted by molar-refractivity contribution is 6.33. The topological polar surface area (TPSA) is 69.7 Å². The molecule has 1 aromatic carbocycles. The third kappa shape index (κ3) is 3.23. The number of carbonyl (C=O) groups is 1. The van der Waals surface area contributed by atoms with Gasteiger partial charge in [0, 0.05) is 24.0 Å². The summed E-state index contributed by atoms with van der Waals surface area (Å²) in [6, 6.07) is 6.48. The number of carbonyl (C=O) groups excluding carboxylic acids is 1. The molecule has 1 amide bonds. The number of anilines is 1. The first-order valence-corrected chi connectivity index (χ1v) is 6.70. The Labute approximate surface area is 133 Å².